The lowest BCUT2D eigenvalue weighted by molar-refractivity contribution is 0.0827. The number of aliphatic imine (C=N–C) groups is 1. The number of aliphatic hydroxyl groups excluding tert-OH is 1. The Labute approximate surface area is 141 Å². The summed E-state index contributed by atoms with van der Waals surface area (Å²) in [6.45, 7) is 1.96. The Kier molecular flexibility index (Phi) is 5.81. The maximum absolute atomic E-state index is 12.1. The minimum atomic E-state index is -0.122. The van der Waals surface area contributed by atoms with Crippen molar-refractivity contribution < 1.29 is 9.90 Å². The molecule has 0 atom stereocenters. The molecule has 1 aromatic carbocycles. The van der Waals surface area contributed by atoms with Crippen molar-refractivity contribution in [3.05, 3.63) is 23.8 Å². The summed E-state index contributed by atoms with van der Waals surface area (Å²) < 4.78 is 0. The molecule has 0 saturated carbocycles. The first-order chi connectivity index (χ1) is 11.5. The van der Waals surface area contributed by atoms with Crippen LogP contribution in [-0.4, -0.2) is 52.3 Å². The van der Waals surface area contributed by atoms with Crippen LogP contribution in [0.2, 0.25) is 0 Å². The molecule has 0 aliphatic heterocycles. The average Bonchev–Trinajstić information content (AvgIpc) is 2.56. The van der Waals surface area contributed by atoms with Crippen LogP contribution in [0.4, 0.5) is 11.8 Å². The molecule has 0 unspecified atom stereocenters. The molecule has 0 aliphatic rings. The van der Waals surface area contributed by atoms with Gasteiger partial charge in [0.2, 0.25) is 5.95 Å². The summed E-state index contributed by atoms with van der Waals surface area (Å²) in [5.41, 5.74) is 7.52. The van der Waals surface area contributed by atoms with E-state index >= 15 is 0 Å². The van der Waals surface area contributed by atoms with Gasteiger partial charge in [0.1, 0.15) is 0 Å². The molecule has 0 aliphatic carbocycles. The molecule has 0 fully saturated rings. The third-order valence-corrected chi connectivity index (χ3v) is 3.61. The van der Waals surface area contributed by atoms with Crippen molar-refractivity contribution in [3.8, 4) is 0 Å². The lowest BCUT2D eigenvalue weighted by Crippen LogP contribution is -2.21. The number of rotatable bonds is 6. The highest BCUT2D eigenvalue weighted by Gasteiger charge is 2.12. The van der Waals surface area contributed by atoms with Crippen LogP contribution < -0.4 is 5.73 Å². The van der Waals surface area contributed by atoms with Gasteiger partial charge in [-0.25, -0.2) is 9.98 Å². The van der Waals surface area contributed by atoms with Crippen molar-refractivity contribution in [1.29, 1.82) is 0 Å². The minimum absolute atomic E-state index is 0.0866. The van der Waals surface area contributed by atoms with Crippen molar-refractivity contribution in [2.75, 3.05) is 26.4 Å². The molecule has 7 heteroatoms. The van der Waals surface area contributed by atoms with E-state index in [2.05, 4.69) is 21.9 Å². The monoisotopic (exact) mass is 329 g/mol. The molecule has 2 aromatic rings. The van der Waals surface area contributed by atoms with Crippen molar-refractivity contribution in [1.82, 2.24) is 14.9 Å². The smallest absolute Gasteiger partial charge is 0.253 e. The number of aliphatic hydroxyl groups is 1. The van der Waals surface area contributed by atoms with Crippen LogP contribution in [0.25, 0.3) is 10.9 Å². The zero-order valence-electron chi connectivity index (χ0n) is 14.3. The number of nitrogens with two attached hydrogens (primary N) is 1. The fourth-order valence-electron chi connectivity index (χ4n) is 2.31. The van der Waals surface area contributed by atoms with Gasteiger partial charge in [-0.15, -0.1) is 0 Å². The van der Waals surface area contributed by atoms with E-state index in [1.54, 1.807) is 32.3 Å². The molecule has 0 bridgehead atoms. The van der Waals surface area contributed by atoms with Crippen LogP contribution in [0.3, 0.4) is 0 Å². The predicted molar refractivity (Wildman–Crippen MR) is 95.7 cm³/mol. The normalized spacial score (nSPS) is 11.8. The minimum Gasteiger partial charge on any atom is -0.390 e. The van der Waals surface area contributed by atoms with Crippen molar-refractivity contribution in [2.45, 2.75) is 26.2 Å². The number of benzene rings is 1. The Morgan fingerprint density at radius 3 is 2.71 bits per heavy atom. The van der Waals surface area contributed by atoms with Gasteiger partial charge in [0, 0.05) is 30.8 Å². The zero-order valence-corrected chi connectivity index (χ0v) is 14.3. The van der Waals surface area contributed by atoms with Gasteiger partial charge >= 0.3 is 0 Å². The van der Waals surface area contributed by atoms with Gasteiger partial charge in [-0.2, -0.15) is 4.98 Å². The van der Waals surface area contributed by atoms with Gasteiger partial charge in [-0.1, -0.05) is 13.3 Å². The van der Waals surface area contributed by atoms with Crippen LogP contribution in [0, 0.1) is 0 Å². The van der Waals surface area contributed by atoms with Gasteiger partial charge < -0.3 is 15.7 Å². The number of amides is 1. The second-order valence-corrected chi connectivity index (χ2v) is 5.78. The average molecular weight is 329 g/mol. The van der Waals surface area contributed by atoms with Crippen LogP contribution in [0.1, 0.15) is 36.5 Å². The number of nitrogen functional groups attached to an aromatic ring is 1. The quantitative estimate of drug-likeness (QED) is 0.790. The molecule has 1 aromatic heterocycles. The molecule has 0 spiro atoms. The molecular weight excluding hydrogens is 306 g/mol. The summed E-state index contributed by atoms with van der Waals surface area (Å²) in [6.07, 6.45) is 2.66. The van der Waals surface area contributed by atoms with Gasteiger partial charge in [-0.3, -0.25) is 4.79 Å². The summed E-state index contributed by atoms with van der Waals surface area (Å²) in [5, 5.41) is 10.2. The van der Waals surface area contributed by atoms with Gasteiger partial charge in [0.25, 0.3) is 5.91 Å². The molecule has 1 heterocycles. The summed E-state index contributed by atoms with van der Waals surface area (Å²) in [4.78, 5) is 26.4. The molecule has 0 saturated heterocycles. The summed E-state index contributed by atoms with van der Waals surface area (Å²) in [5.74, 6) is 0.392. The molecule has 1 amide bonds. The first kappa shape index (κ1) is 17.8. The Balaban J connectivity index is 2.51. The van der Waals surface area contributed by atoms with Crippen molar-refractivity contribution >= 4 is 34.3 Å². The van der Waals surface area contributed by atoms with Gasteiger partial charge in [0.05, 0.1) is 12.1 Å². The maximum Gasteiger partial charge on any atom is 0.253 e. The SMILES string of the molecule is CCCCC(CO)=Nc1nc(N)nc2cc(C(=O)N(C)C)ccc12. The number of hydrogen-bond donors (Lipinski definition) is 2. The lowest BCUT2D eigenvalue weighted by Gasteiger charge is -2.11. The molecule has 0 radical (unpaired) electrons. The molecule has 128 valence electrons. The number of nitrogens with zero attached hydrogens (tertiary/aromatic N) is 4. The van der Waals surface area contributed by atoms with Gasteiger partial charge in [0.15, 0.2) is 5.82 Å². The predicted octanol–water partition coefficient (Wildman–Crippen LogP) is 2.17. The second kappa shape index (κ2) is 7.83. The number of anilines is 1. The van der Waals surface area contributed by atoms with E-state index in [4.69, 9.17) is 5.73 Å². The lowest BCUT2D eigenvalue weighted by atomic mass is 10.1. The third kappa shape index (κ3) is 4.05. The Hall–Kier alpha value is -2.54. The van der Waals surface area contributed by atoms with Crippen LogP contribution >= 0.6 is 0 Å². The Morgan fingerprint density at radius 2 is 2.08 bits per heavy atom. The first-order valence-electron chi connectivity index (χ1n) is 7.92. The maximum atomic E-state index is 12.1. The highest BCUT2D eigenvalue weighted by molar-refractivity contribution is 6.00. The van der Waals surface area contributed by atoms with Crippen molar-refractivity contribution in [2.24, 2.45) is 4.99 Å². The summed E-state index contributed by atoms with van der Waals surface area (Å²) in [7, 11) is 3.38. The van der Waals surface area contributed by atoms with E-state index < -0.39 is 0 Å². The Bertz CT molecular complexity index is 771. The summed E-state index contributed by atoms with van der Waals surface area (Å²) in [6, 6.07) is 5.16. The standard InChI is InChI=1S/C17H23N5O2/c1-4-5-6-12(10-23)19-15-13-8-7-11(16(24)22(2)3)9-14(13)20-17(18)21-15/h7-9,23H,4-6,10H2,1-3H3,(H2,18,20,21). The molecule has 24 heavy (non-hydrogen) atoms. The van der Waals surface area contributed by atoms with E-state index in [0.29, 0.717) is 34.4 Å². The number of carbonyl (C=O) groups excluding carboxylic acids is 1. The van der Waals surface area contributed by atoms with E-state index in [-0.39, 0.29) is 18.5 Å². The number of fused-ring (bicyclic) bond motifs is 1. The van der Waals surface area contributed by atoms with E-state index in [9.17, 15) is 9.90 Å². The zero-order chi connectivity index (χ0) is 17.7. The number of aromatic nitrogens is 2. The fraction of sp³-hybridized carbons (Fsp3) is 0.412. The Morgan fingerprint density at radius 1 is 1.33 bits per heavy atom. The van der Waals surface area contributed by atoms with E-state index in [1.807, 2.05) is 0 Å². The first-order valence-corrected chi connectivity index (χ1v) is 7.92. The van der Waals surface area contributed by atoms with Gasteiger partial charge in [-0.05, 0) is 31.0 Å². The van der Waals surface area contributed by atoms with E-state index in [1.165, 1.54) is 4.90 Å². The number of carbonyl (C=O) groups is 1. The van der Waals surface area contributed by atoms with Crippen molar-refractivity contribution in [3.63, 3.8) is 0 Å². The molecule has 3 N–H and O–H groups in total. The van der Waals surface area contributed by atoms with E-state index in [0.717, 1.165) is 12.8 Å². The molecule has 7 nitrogen and oxygen atoms in total. The van der Waals surface area contributed by atoms with Crippen LogP contribution in [0.5, 0.6) is 0 Å². The highest BCUT2D eigenvalue weighted by atomic mass is 16.3. The highest BCUT2D eigenvalue weighted by Crippen LogP contribution is 2.25. The van der Waals surface area contributed by atoms with Crippen LogP contribution in [0.15, 0.2) is 23.2 Å². The molecule has 2 rings (SSSR count). The largest absolute Gasteiger partial charge is 0.390 e. The molecular formula is C17H23N5O2. The van der Waals surface area contributed by atoms with Crippen LogP contribution in [-0.2, 0) is 0 Å². The number of unbranched alkanes of at least 4 members (excludes halogenated alkanes) is 1. The summed E-state index contributed by atoms with van der Waals surface area (Å²) >= 11 is 0. The topological polar surface area (TPSA) is 105 Å². The second-order valence-electron chi connectivity index (χ2n) is 5.78. The number of hydrogen-bond acceptors (Lipinski definition) is 6. The third-order valence-electron chi connectivity index (χ3n) is 3.61. The fourth-order valence-corrected chi connectivity index (χ4v) is 2.31.